The molecular formula is C29H36N4O6. The van der Waals surface area contributed by atoms with Crippen LogP contribution >= 0.6 is 0 Å². The Labute approximate surface area is 227 Å². The summed E-state index contributed by atoms with van der Waals surface area (Å²) in [7, 11) is 0. The van der Waals surface area contributed by atoms with Gasteiger partial charge in [0.15, 0.2) is 0 Å². The van der Waals surface area contributed by atoms with E-state index in [0.717, 1.165) is 19.3 Å². The molecule has 0 bridgehead atoms. The van der Waals surface area contributed by atoms with Gasteiger partial charge in [0.25, 0.3) is 0 Å². The van der Waals surface area contributed by atoms with Crippen LogP contribution in [0.15, 0.2) is 60.7 Å². The number of benzene rings is 2. The van der Waals surface area contributed by atoms with E-state index in [0.29, 0.717) is 23.1 Å². The highest BCUT2D eigenvalue weighted by Crippen LogP contribution is 2.14. The number of allylic oxidation sites excluding steroid dienone is 1. The van der Waals surface area contributed by atoms with Gasteiger partial charge in [-0.1, -0.05) is 55.0 Å². The average molecular weight is 537 g/mol. The van der Waals surface area contributed by atoms with Gasteiger partial charge in [0, 0.05) is 13.0 Å². The maximum atomic E-state index is 13.4. The number of carboxylic acid groups (broad SMARTS) is 1. The molecular weight excluding hydrogens is 500 g/mol. The van der Waals surface area contributed by atoms with E-state index in [1.807, 2.05) is 12.2 Å². The van der Waals surface area contributed by atoms with E-state index in [9.17, 15) is 29.4 Å². The molecule has 3 atom stereocenters. The summed E-state index contributed by atoms with van der Waals surface area (Å²) in [5.74, 6) is -2.32. The van der Waals surface area contributed by atoms with E-state index in [1.165, 1.54) is 12.1 Å². The lowest BCUT2D eigenvalue weighted by molar-refractivity contribution is -0.136. The molecule has 1 heterocycles. The van der Waals surface area contributed by atoms with Gasteiger partial charge in [-0.25, -0.2) is 0 Å². The number of carboxylic acids is 1. The maximum Gasteiger partial charge on any atom is 0.307 e. The molecule has 0 aromatic heterocycles. The fourth-order valence-electron chi connectivity index (χ4n) is 4.34. The monoisotopic (exact) mass is 536 g/mol. The Hall–Kier alpha value is -4.18. The summed E-state index contributed by atoms with van der Waals surface area (Å²) >= 11 is 0. The Morgan fingerprint density at radius 2 is 1.67 bits per heavy atom. The first-order chi connectivity index (χ1) is 18.7. The number of phenols is 1. The third-order valence-electron chi connectivity index (χ3n) is 6.57. The van der Waals surface area contributed by atoms with Gasteiger partial charge < -0.3 is 31.9 Å². The number of hydrogen-bond donors (Lipinski definition) is 6. The molecule has 10 heteroatoms. The molecule has 3 rings (SSSR count). The Balaban J connectivity index is 1.78. The van der Waals surface area contributed by atoms with Crippen LogP contribution in [0.4, 0.5) is 0 Å². The minimum atomic E-state index is -0.994. The number of aromatic hydroxyl groups is 1. The van der Waals surface area contributed by atoms with Gasteiger partial charge in [-0.05, 0) is 54.5 Å². The predicted octanol–water partition coefficient (Wildman–Crippen LogP) is 1.70. The summed E-state index contributed by atoms with van der Waals surface area (Å²) in [6.07, 6.45) is 6.82. The van der Waals surface area contributed by atoms with E-state index in [-0.39, 0.29) is 31.6 Å². The molecule has 0 radical (unpaired) electrons. The second-order valence-corrected chi connectivity index (χ2v) is 9.65. The van der Waals surface area contributed by atoms with Gasteiger partial charge >= 0.3 is 5.97 Å². The number of phenolic OH excluding ortho intramolecular Hbond substituents is 1. The van der Waals surface area contributed by atoms with Crippen molar-refractivity contribution in [3.8, 4) is 5.75 Å². The van der Waals surface area contributed by atoms with Crippen molar-refractivity contribution in [3.05, 3.63) is 77.4 Å². The number of amides is 3. The highest BCUT2D eigenvalue weighted by Gasteiger charge is 2.28. The van der Waals surface area contributed by atoms with Crippen molar-refractivity contribution in [1.82, 2.24) is 16.0 Å². The average Bonchev–Trinajstić information content (AvgIpc) is 2.90. The molecule has 0 saturated carbocycles. The maximum absolute atomic E-state index is 13.4. The van der Waals surface area contributed by atoms with E-state index in [4.69, 9.17) is 5.73 Å². The number of nitrogens with one attached hydrogen (secondary N) is 3. The van der Waals surface area contributed by atoms with Crippen LogP contribution in [0.2, 0.25) is 0 Å². The Bertz CT molecular complexity index is 1180. The van der Waals surface area contributed by atoms with Crippen molar-refractivity contribution in [2.45, 2.75) is 69.6 Å². The largest absolute Gasteiger partial charge is 0.508 e. The van der Waals surface area contributed by atoms with E-state index in [1.54, 1.807) is 36.4 Å². The topological polar surface area (TPSA) is 171 Å². The molecule has 0 saturated heterocycles. The minimum Gasteiger partial charge on any atom is -0.508 e. The van der Waals surface area contributed by atoms with E-state index >= 15 is 0 Å². The van der Waals surface area contributed by atoms with Crippen LogP contribution in [0.1, 0.15) is 48.8 Å². The summed E-state index contributed by atoms with van der Waals surface area (Å²) in [6.45, 7) is 0.0981. The summed E-state index contributed by atoms with van der Waals surface area (Å²) in [5, 5.41) is 27.1. The van der Waals surface area contributed by atoms with Crippen LogP contribution in [-0.4, -0.2) is 52.0 Å². The first-order valence-corrected chi connectivity index (χ1v) is 13.1. The molecule has 39 heavy (non-hydrogen) atoms. The lowest BCUT2D eigenvalue weighted by atomic mass is 10.0. The molecule has 0 fully saturated rings. The van der Waals surface area contributed by atoms with Gasteiger partial charge in [0.2, 0.25) is 17.7 Å². The fourth-order valence-corrected chi connectivity index (χ4v) is 4.34. The molecule has 0 spiro atoms. The number of aliphatic carboxylic acids is 1. The zero-order chi connectivity index (χ0) is 28.2. The minimum absolute atomic E-state index is 0.0775. The van der Waals surface area contributed by atoms with Crippen LogP contribution in [-0.2, 0) is 38.6 Å². The van der Waals surface area contributed by atoms with Crippen LogP contribution in [0.5, 0.6) is 5.75 Å². The first-order valence-electron chi connectivity index (χ1n) is 13.1. The van der Waals surface area contributed by atoms with Crippen molar-refractivity contribution in [1.29, 1.82) is 0 Å². The standard InChI is InChI=1S/C29H36N4O6/c30-23-10-4-2-1-3-5-11-24(28(38)31-18-21-9-7-6-8-20(21)17-26(35)36)32-29(39)25(33-27(23)37)16-19-12-14-22(34)15-13-19/h3,5-9,12-15,23-25,34H,1-2,4,10-11,16-18,30H2,(H,31,38)(H,32,39)(H,33,37)(H,35,36)/b5-3+. The normalized spacial score (nSPS) is 21.6. The van der Waals surface area contributed by atoms with Gasteiger partial charge in [0.1, 0.15) is 17.8 Å². The summed E-state index contributed by atoms with van der Waals surface area (Å²) < 4.78 is 0. The SMILES string of the molecule is NC1CCCC/C=C/CC(C(=O)NCc2ccccc2CC(=O)O)NC(=O)C(Cc2ccc(O)cc2)NC1=O. The van der Waals surface area contributed by atoms with Crippen molar-refractivity contribution >= 4 is 23.7 Å². The molecule has 2 aromatic carbocycles. The number of hydrogen-bond acceptors (Lipinski definition) is 6. The number of nitrogens with two attached hydrogens (primary N) is 1. The van der Waals surface area contributed by atoms with Crippen LogP contribution < -0.4 is 21.7 Å². The summed E-state index contributed by atoms with van der Waals surface area (Å²) in [5.41, 5.74) is 8.03. The first kappa shape index (κ1) is 29.4. The zero-order valence-electron chi connectivity index (χ0n) is 21.8. The van der Waals surface area contributed by atoms with Gasteiger partial charge in [-0.2, -0.15) is 0 Å². The number of carbonyl (C=O) groups excluding carboxylic acids is 3. The molecule has 0 aliphatic carbocycles. The molecule has 7 N–H and O–H groups in total. The van der Waals surface area contributed by atoms with Crippen molar-refractivity contribution in [2.24, 2.45) is 5.73 Å². The highest BCUT2D eigenvalue weighted by molar-refractivity contribution is 5.93. The molecule has 1 aliphatic heterocycles. The second-order valence-electron chi connectivity index (χ2n) is 9.65. The van der Waals surface area contributed by atoms with E-state index in [2.05, 4.69) is 16.0 Å². The van der Waals surface area contributed by atoms with E-state index < -0.39 is 41.8 Å². The molecule has 1 aliphatic rings. The van der Waals surface area contributed by atoms with Gasteiger partial charge in [-0.3, -0.25) is 19.2 Å². The lowest BCUT2D eigenvalue weighted by Gasteiger charge is -2.24. The number of carbonyl (C=O) groups is 4. The van der Waals surface area contributed by atoms with Crippen LogP contribution in [0, 0.1) is 0 Å². The predicted molar refractivity (Wildman–Crippen MR) is 146 cm³/mol. The van der Waals surface area contributed by atoms with Gasteiger partial charge in [-0.15, -0.1) is 0 Å². The quantitative estimate of drug-likeness (QED) is 0.292. The lowest BCUT2D eigenvalue weighted by Crippen LogP contribution is -2.56. The third kappa shape index (κ3) is 9.57. The third-order valence-corrected chi connectivity index (χ3v) is 6.57. The molecule has 3 amide bonds. The summed E-state index contributed by atoms with van der Waals surface area (Å²) in [4.78, 5) is 50.6. The van der Waals surface area contributed by atoms with Gasteiger partial charge in [0.05, 0.1) is 12.5 Å². The fraction of sp³-hybridized carbons (Fsp3) is 0.379. The smallest absolute Gasteiger partial charge is 0.307 e. The second kappa shape index (κ2) is 14.7. The molecule has 3 unspecified atom stereocenters. The Morgan fingerprint density at radius 1 is 0.949 bits per heavy atom. The summed E-state index contributed by atoms with van der Waals surface area (Å²) in [6, 6.07) is 10.6. The number of rotatable bonds is 7. The highest BCUT2D eigenvalue weighted by atomic mass is 16.4. The van der Waals surface area contributed by atoms with Crippen LogP contribution in [0.3, 0.4) is 0 Å². The van der Waals surface area contributed by atoms with Crippen molar-refractivity contribution in [2.75, 3.05) is 0 Å². The Kier molecular flexibility index (Phi) is 11.1. The zero-order valence-corrected chi connectivity index (χ0v) is 21.8. The molecule has 2 aromatic rings. The van der Waals surface area contributed by atoms with Crippen LogP contribution in [0.25, 0.3) is 0 Å². The van der Waals surface area contributed by atoms with Crippen molar-refractivity contribution < 1.29 is 29.4 Å². The molecule has 10 nitrogen and oxygen atoms in total. The molecule has 208 valence electrons. The van der Waals surface area contributed by atoms with Crippen molar-refractivity contribution in [3.63, 3.8) is 0 Å². The Morgan fingerprint density at radius 3 is 2.38 bits per heavy atom.